The largest absolute Gasteiger partial charge is 0.416 e. The Hall–Kier alpha value is -2.67. The topological polar surface area (TPSA) is 48.0 Å². The number of nitrogens with zero attached hydrogens (tertiary/aromatic N) is 1. The summed E-state index contributed by atoms with van der Waals surface area (Å²) < 4.78 is 100. The van der Waals surface area contributed by atoms with Gasteiger partial charge in [0.25, 0.3) is 5.91 Å². The molecule has 2 aromatic carbocycles. The third kappa shape index (κ3) is 9.18. The molecule has 0 radical (unpaired) electrons. The molecule has 244 valence electrons. The molecule has 1 saturated heterocycles. The van der Waals surface area contributed by atoms with E-state index in [1.807, 2.05) is 33.9 Å². The number of benzene rings is 2. The molecule has 0 spiro atoms. The summed E-state index contributed by atoms with van der Waals surface area (Å²) in [6.07, 6.45) is -13.3. The minimum absolute atomic E-state index is 0.0717. The number of halogens is 6. The highest BCUT2D eigenvalue weighted by molar-refractivity contribution is 6.48. The first-order chi connectivity index (χ1) is 20.3. The molecular weight excluding hydrogens is 604 g/mol. The first-order valence-corrected chi connectivity index (χ1v) is 17.3. The van der Waals surface area contributed by atoms with Gasteiger partial charge in [-0.1, -0.05) is 57.7 Å². The molecule has 1 aliphatic heterocycles. The standard InChI is InChI=1S/C32H41F6NO4Si/c1-20(28(30(3,4)5)43-44(6)7)26(22-11-9-8-10-12-22)27(29(40)39-13-15-41-16-14-39)42-21(2)23-17-24(31(33,34)35)19-25(18-23)32(36,37)38/h8-12,17-19,21,26-28,44H,1,13-16H2,2-7H3/t21-,26-,27-,28?/m1/s1. The van der Waals surface area contributed by atoms with Crippen LogP contribution in [0.3, 0.4) is 0 Å². The van der Waals surface area contributed by atoms with Crippen molar-refractivity contribution in [2.75, 3.05) is 26.3 Å². The van der Waals surface area contributed by atoms with Gasteiger partial charge in [-0.3, -0.25) is 4.79 Å². The lowest BCUT2D eigenvalue weighted by Crippen LogP contribution is -2.50. The van der Waals surface area contributed by atoms with E-state index >= 15 is 0 Å². The second-order valence-electron chi connectivity index (χ2n) is 12.4. The summed E-state index contributed by atoms with van der Waals surface area (Å²) in [7, 11) is -1.65. The van der Waals surface area contributed by atoms with E-state index in [1.165, 1.54) is 6.92 Å². The summed E-state index contributed by atoms with van der Waals surface area (Å²) in [5, 5.41) is 0. The van der Waals surface area contributed by atoms with Gasteiger partial charge < -0.3 is 18.8 Å². The zero-order valence-corrected chi connectivity index (χ0v) is 27.0. The molecule has 5 nitrogen and oxygen atoms in total. The second kappa shape index (κ2) is 14.2. The number of carbonyl (C=O) groups is 1. The molecule has 12 heteroatoms. The highest BCUT2D eigenvalue weighted by atomic mass is 28.3. The summed E-state index contributed by atoms with van der Waals surface area (Å²) in [4.78, 5) is 15.8. The van der Waals surface area contributed by atoms with E-state index in [4.69, 9.17) is 13.9 Å². The average molecular weight is 646 g/mol. The van der Waals surface area contributed by atoms with Gasteiger partial charge in [0, 0.05) is 19.0 Å². The number of alkyl halides is 6. The van der Waals surface area contributed by atoms with Crippen LogP contribution in [0.4, 0.5) is 26.3 Å². The molecule has 0 N–H and O–H groups in total. The number of amides is 1. The van der Waals surface area contributed by atoms with E-state index in [1.54, 1.807) is 35.2 Å². The van der Waals surface area contributed by atoms with E-state index in [2.05, 4.69) is 6.58 Å². The van der Waals surface area contributed by atoms with E-state index in [-0.39, 0.29) is 37.9 Å². The Balaban J connectivity index is 2.19. The lowest BCUT2D eigenvalue weighted by Gasteiger charge is -2.41. The average Bonchev–Trinajstić information content (AvgIpc) is 2.94. The van der Waals surface area contributed by atoms with Gasteiger partial charge in [0.1, 0.15) is 6.10 Å². The zero-order chi connectivity index (χ0) is 33.0. The van der Waals surface area contributed by atoms with E-state index < -0.39 is 68.1 Å². The van der Waals surface area contributed by atoms with Crippen molar-refractivity contribution >= 4 is 14.9 Å². The van der Waals surface area contributed by atoms with Crippen LogP contribution < -0.4 is 0 Å². The molecule has 1 fully saturated rings. The molecule has 0 saturated carbocycles. The highest BCUT2D eigenvalue weighted by Gasteiger charge is 2.43. The summed E-state index contributed by atoms with van der Waals surface area (Å²) in [6, 6.07) is 10.3. The molecular formula is C32H41F6NO4Si. The Morgan fingerprint density at radius 1 is 0.909 bits per heavy atom. The Bertz CT molecular complexity index is 1240. The van der Waals surface area contributed by atoms with Crippen molar-refractivity contribution in [3.05, 3.63) is 82.9 Å². The van der Waals surface area contributed by atoms with Crippen molar-refractivity contribution in [3.8, 4) is 0 Å². The normalized spacial score (nSPS) is 17.7. The fourth-order valence-electron chi connectivity index (χ4n) is 5.28. The Kier molecular flexibility index (Phi) is 11.5. The van der Waals surface area contributed by atoms with Crippen molar-refractivity contribution in [3.63, 3.8) is 0 Å². The quantitative estimate of drug-likeness (QED) is 0.150. The van der Waals surface area contributed by atoms with Gasteiger partial charge in [-0.25, -0.2) is 0 Å². The molecule has 2 aromatic rings. The maximum Gasteiger partial charge on any atom is 0.416 e. The van der Waals surface area contributed by atoms with Gasteiger partial charge in [-0.15, -0.1) is 0 Å². The highest BCUT2D eigenvalue weighted by Crippen LogP contribution is 2.42. The lowest BCUT2D eigenvalue weighted by molar-refractivity contribution is -0.153. The Morgan fingerprint density at radius 2 is 1.43 bits per heavy atom. The molecule has 3 rings (SSSR count). The molecule has 0 aromatic heterocycles. The van der Waals surface area contributed by atoms with Crippen molar-refractivity contribution in [2.24, 2.45) is 5.41 Å². The Labute approximate surface area is 256 Å². The molecule has 1 aliphatic rings. The SMILES string of the molecule is C=C(C(O[SiH](C)C)C(C)(C)C)[C@H](c1ccccc1)[C@@H](O[C@H](C)c1cc(C(F)(F)F)cc(C(F)(F)F)c1)C(=O)N1CCOCC1. The van der Waals surface area contributed by atoms with Crippen LogP contribution in [0.1, 0.15) is 62.0 Å². The van der Waals surface area contributed by atoms with Gasteiger partial charge in [0.15, 0.2) is 9.04 Å². The first kappa shape index (κ1) is 35.8. The van der Waals surface area contributed by atoms with Crippen molar-refractivity contribution in [1.82, 2.24) is 4.90 Å². The number of hydrogen-bond donors (Lipinski definition) is 0. The van der Waals surface area contributed by atoms with Crippen LogP contribution >= 0.6 is 0 Å². The lowest BCUT2D eigenvalue weighted by atomic mass is 9.76. The molecule has 1 amide bonds. The molecule has 0 bridgehead atoms. The maximum atomic E-state index is 14.2. The summed E-state index contributed by atoms with van der Waals surface area (Å²) >= 11 is 0. The van der Waals surface area contributed by atoms with Gasteiger partial charge >= 0.3 is 12.4 Å². The van der Waals surface area contributed by atoms with Crippen LogP contribution in [-0.4, -0.2) is 58.4 Å². The van der Waals surface area contributed by atoms with Crippen molar-refractivity contribution in [2.45, 2.75) is 77.4 Å². The Morgan fingerprint density at radius 3 is 1.89 bits per heavy atom. The van der Waals surface area contributed by atoms with Crippen LogP contribution in [0, 0.1) is 5.41 Å². The molecule has 44 heavy (non-hydrogen) atoms. The summed E-state index contributed by atoms with van der Waals surface area (Å²) in [6.45, 7) is 16.7. The number of hydrogen-bond acceptors (Lipinski definition) is 4. The van der Waals surface area contributed by atoms with Gasteiger partial charge in [-0.05, 0) is 60.3 Å². The number of rotatable bonds is 10. The van der Waals surface area contributed by atoms with Crippen LogP contribution in [0.2, 0.25) is 13.1 Å². The minimum Gasteiger partial charge on any atom is -0.413 e. The van der Waals surface area contributed by atoms with Crippen LogP contribution in [0.15, 0.2) is 60.7 Å². The predicted molar refractivity (Wildman–Crippen MR) is 159 cm³/mol. The smallest absolute Gasteiger partial charge is 0.413 e. The van der Waals surface area contributed by atoms with Gasteiger partial charge in [0.2, 0.25) is 0 Å². The number of ether oxygens (including phenoxy) is 2. The van der Waals surface area contributed by atoms with Crippen LogP contribution in [0.25, 0.3) is 0 Å². The minimum atomic E-state index is -5.03. The third-order valence-corrected chi connectivity index (χ3v) is 8.21. The summed E-state index contributed by atoms with van der Waals surface area (Å²) in [5.74, 6) is -1.30. The third-order valence-electron chi connectivity index (χ3n) is 7.39. The molecule has 1 heterocycles. The first-order valence-electron chi connectivity index (χ1n) is 14.5. The summed E-state index contributed by atoms with van der Waals surface area (Å²) in [5.41, 5.74) is -2.55. The van der Waals surface area contributed by atoms with Crippen LogP contribution in [-0.2, 0) is 31.0 Å². The maximum absolute atomic E-state index is 14.2. The predicted octanol–water partition coefficient (Wildman–Crippen LogP) is 7.78. The van der Waals surface area contributed by atoms with Gasteiger partial charge in [0.05, 0.1) is 36.5 Å². The fourth-order valence-corrected chi connectivity index (χ4v) is 6.41. The molecule has 4 atom stereocenters. The monoisotopic (exact) mass is 645 g/mol. The van der Waals surface area contributed by atoms with E-state index in [0.29, 0.717) is 23.3 Å². The van der Waals surface area contributed by atoms with Crippen LogP contribution in [0.5, 0.6) is 0 Å². The second-order valence-corrected chi connectivity index (χ2v) is 14.7. The zero-order valence-electron chi connectivity index (χ0n) is 25.9. The number of carbonyl (C=O) groups excluding carboxylic acids is 1. The molecule has 1 unspecified atom stereocenters. The van der Waals surface area contributed by atoms with Crippen molar-refractivity contribution in [1.29, 1.82) is 0 Å². The van der Waals surface area contributed by atoms with E-state index in [9.17, 15) is 31.1 Å². The van der Waals surface area contributed by atoms with E-state index in [0.717, 1.165) is 0 Å². The van der Waals surface area contributed by atoms with Crippen molar-refractivity contribution < 1.29 is 45.0 Å². The molecule has 0 aliphatic carbocycles. The fraction of sp³-hybridized carbons (Fsp3) is 0.531. The van der Waals surface area contributed by atoms with Gasteiger partial charge in [-0.2, -0.15) is 26.3 Å². The number of morpholine rings is 1.